The Labute approximate surface area is 79.8 Å². The first-order valence-corrected chi connectivity index (χ1v) is 4.57. The Hall–Kier alpha value is -0.200. The van der Waals surface area contributed by atoms with Crippen molar-refractivity contribution in [3.63, 3.8) is 0 Å². The van der Waals surface area contributed by atoms with Crippen molar-refractivity contribution in [3.05, 3.63) is 0 Å². The van der Waals surface area contributed by atoms with E-state index in [-0.39, 0.29) is 19.8 Å². The van der Waals surface area contributed by atoms with Crippen molar-refractivity contribution in [3.8, 4) is 0 Å². The lowest BCUT2D eigenvalue weighted by Crippen LogP contribution is -2.21. The third-order valence-electron chi connectivity index (χ3n) is 1.12. The molecule has 5 nitrogen and oxygen atoms in total. The molecule has 5 N–H and O–H groups in total. The van der Waals surface area contributed by atoms with E-state index in [1.807, 2.05) is 6.92 Å². The quantitative estimate of drug-likeness (QED) is 0.307. The van der Waals surface area contributed by atoms with E-state index in [2.05, 4.69) is 10.6 Å². The van der Waals surface area contributed by atoms with Gasteiger partial charge in [-0.15, -0.1) is 0 Å². The van der Waals surface area contributed by atoms with Gasteiger partial charge in [0, 0.05) is 19.6 Å². The number of aliphatic hydroxyl groups excluding tert-OH is 3. The lowest BCUT2D eigenvalue weighted by atomic mass is 10.6. The first kappa shape index (κ1) is 15.3. The largest absolute Gasteiger partial charge is 0.395 e. The molecule has 0 saturated heterocycles. The van der Waals surface area contributed by atoms with Gasteiger partial charge >= 0.3 is 0 Å². The number of nitrogens with one attached hydrogen (secondary N) is 2. The molecule has 0 spiro atoms. The molecule has 0 aliphatic carbocycles. The van der Waals surface area contributed by atoms with Crippen LogP contribution in [0.3, 0.4) is 0 Å². The van der Waals surface area contributed by atoms with E-state index in [0.29, 0.717) is 13.1 Å². The minimum Gasteiger partial charge on any atom is -0.395 e. The van der Waals surface area contributed by atoms with Gasteiger partial charge in [-0.2, -0.15) is 0 Å². The molecule has 0 bridgehead atoms. The maximum atomic E-state index is 8.15. The van der Waals surface area contributed by atoms with Crippen LogP contribution in [0.2, 0.25) is 0 Å². The number of hydrogen-bond acceptors (Lipinski definition) is 5. The summed E-state index contributed by atoms with van der Waals surface area (Å²) in [5, 5.41) is 30.2. The van der Waals surface area contributed by atoms with E-state index >= 15 is 0 Å². The van der Waals surface area contributed by atoms with Gasteiger partial charge in [0.2, 0.25) is 0 Å². The molecule has 0 fully saturated rings. The Morgan fingerprint density at radius 3 is 1.38 bits per heavy atom. The molecule has 0 aromatic heterocycles. The smallest absolute Gasteiger partial charge is 0.0555 e. The molecule has 0 aromatic carbocycles. The number of likely N-dealkylation sites (N-methyl/N-ethyl adjacent to an activating group) is 1. The highest BCUT2D eigenvalue weighted by atomic mass is 16.3. The molecule has 0 saturated carbocycles. The standard InChI is InChI=1S/C4H11NO2.C4H11NO/c6-3-1-5-2-4-7;1-2-5-3-4-6/h5-7H,1-4H2;5-6H,2-4H2,1H3. The highest BCUT2D eigenvalue weighted by Gasteiger charge is 1.78. The van der Waals surface area contributed by atoms with Crippen LogP contribution in [-0.4, -0.2) is 61.3 Å². The molecule has 0 rings (SSSR count). The lowest BCUT2D eigenvalue weighted by Gasteiger charge is -1.94. The zero-order valence-electron chi connectivity index (χ0n) is 8.29. The summed E-state index contributed by atoms with van der Waals surface area (Å²) in [6, 6.07) is 0. The molecule has 0 atom stereocenters. The maximum Gasteiger partial charge on any atom is 0.0555 e. The fourth-order valence-electron chi connectivity index (χ4n) is 0.539. The van der Waals surface area contributed by atoms with Crippen molar-refractivity contribution >= 4 is 0 Å². The summed E-state index contributed by atoms with van der Waals surface area (Å²) in [6.07, 6.45) is 0. The van der Waals surface area contributed by atoms with E-state index in [9.17, 15) is 0 Å². The summed E-state index contributed by atoms with van der Waals surface area (Å²) in [7, 11) is 0. The fraction of sp³-hybridized carbons (Fsp3) is 1.00. The first-order chi connectivity index (χ1) is 6.33. The Morgan fingerprint density at radius 2 is 1.15 bits per heavy atom. The van der Waals surface area contributed by atoms with Crippen LogP contribution in [0, 0.1) is 0 Å². The van der Waals surface area contributed by atoms with E-state index in [0.717, 1.165) is 13.1 Å². The SMILES string of the molecule is CCNCCO.OCCNCCO. The van der Waals surface area contributed by atoms with E-state index < -0.39 is 0 Å². The molecule has 82 valence electrons. The minimum absolute atomic E-state index is 0.139. The van der Waals surface area contributed by atoms with Crippen molar-refractivity contribution in [2.75, 3.05) is 46.0 Å². The first-order valence-electron chi connectivity index (χ1n) is 4.57. The van der Waals surface area contributed by atoms with Gasteiger partial charge in [-0.3, -0.25) is 0 Å². The second-order valence-electron chi connectivity index (χ2n) is 2.27. The Morgan fingerprint density at radius 1 is 0.769 bits per heavy atom. The monoisotopic (exact) mass is 194 g/mol. The zero-order chi connectivity index (χ0) is 10.4. The fourth-order valence-corrected chi connectivity index (χ4v) is 0.539. The summed E-state index contributed by atoms with van der Waals surface area (Å²) >= 11 is 0. The third kappa shape index (κ3) is 24.5. The van der Waals surface area contributed by atoms with Crippen LogP contribution in [-0.2, 0) is 0 Å². The lowest BCUT2D eigenvalue weighted by molar-refractivity contribution is 0.266. The molecule has 0 amide bonds. The van der Waals surface area contributed by atoms with Gasteiger partial charge in [0.05, 0.1) is 19.8 Å². The van der Waals surface area contributed by atoms with E-state index in [1.165, 1.54) is 0 Å². The van der Waals surface area contributed by atoms with Crippen LogP contribution < -0.4 is 10.6 Å². The van der Waals surface area contributed by atoms with Crippen molar-refractivity contribution in [1.82, 2.24) is 10.6 Å². The Kier molecular flexibility index (Phi) is 20.9. The average Bonchev–Trinajstić information content (AvgIpc) is 2.17. The molecule has 0 radical (unpaired) electrons. The van der Waals surface area contributed by atoms with Gasteiger partial charge < -0.3 is 26.0 Å². The van der Waals surface area contributed by atoms with Gasteiger partial charge in [0.1, 0.15) is 0 Å². The predicted molar refractivity (Wildman–Crippen MR) is 52.7 cm³/mol. The van der Waals surface area contributed by atoms with Crippen LogP contribution in [0.5, 0.6) is 0 Å². The topological polar surface area (TPSA) is 84.8 Å². The molecular formula is C8H22N2O3. The maximum absolute atomic E-state index is 8.15. The molecule has 0 aromatic rings. The van der Waals surface area contributed by atoms with Crippen LogP contribution in [0.4, 0.5) is 0 Å². The Bertz CT molecular complexity index is 66.4. The zero-order valence-corrected chi connectivity index (χ0v) is 8.29. The highest BCUT2D eigenvalue weighted by molar-refractivity contribution is 4.39. The summed E-state index contributed by atoms with van der Waals surface area (Å²) < 4.78 is 0. The summed E-state index contributed by atoms with van der Waals surface area (Å²) in [5.74, 6) is 0. The number of rotatable bonds is 7. The number of hydrogen-bond donors (Lipinski definition) is 5. The highest BCUT2D eigenvalue weighted by Crippen LogP contribution is 1.54. The molecule has 0 aliphatic heterocycles. The molecule has 13 heavy (non-hydrogen) atoms. The van der Waals surface area contributed by atoms with Gasteiger partial charge in [-0.25, -0.2) is 0 Å². The molecule has 0 aliphatic rings. The molecule has 0 unspecified atom stereocenters. The van der Waals surface area contributed by atoms with Crippen molar-refractivity contribution in [1.29, 1.82) is 0 Å². The van der Waals surface area contributed by atoms with Gasteiger partial charge in [-0.1, -0.05) is 6.92 Å². The molecule has 0 heterocycles. The second kappa shape index (κ2) is 17.8. The van der Waals surface area contributed by atoms with Crippen molar-refractivity contribution < 1.29 is 15.3 Å². The van der Waals surface area contributed by atoms with Crippen molar-refractivity contribution in [2.45, 2.75) is 6.92 Å². The van der Waals surface area contributed by atoms with E-state index in [1.54, 1.807) is 0 Å². The molecule has 5 heteroatoms. The van der Waals surface area contributed by atoms with Crippen LogP contribution in [0.1, 0.15) is 6.92 Å². The summed E-state index contributed by atoms with van der Waals surface area (Å²) in [4.78, 5) is 0. The normalized spacial score (nSPS) is 9.23. The number of aliphatic hydroxyl groups is 3. The van der Waals surface area contributed by atoms with Gasteiger partial charge in [0.25, 0.3) is 0 Å². The predicted octanol–water partition coefficient (Wildman–Crippen LogP) is -1.85. The molecular weight excluding hydrogens is 172 g/mol. The van der Waals surface area contributed by atoms with Crippen LogP contribution in [0.25, 0.3) is 0 Å². The van der Waals surface area contributed by atoms with Crippen molar-refractivity contribution in [2.24, 2.45) is 0 Å². The van der Waals surface area contributed by atoms with E-state index in [4.69, 9.17) is 15.3 Å². The Balaban J connectivity index is 0. The van der Waals surface area contributed by atoms with Gasteiger partial charge in [0.15, 0.2) is 0 Å². The summed E-state index contributed by atoms with van der Waals surface area (Å²) in [6.45, 7) is 5.34. The minimum atomic E-state index is 0.139. The van der Waals surface area contributed by atoms with Crippen LogP contribution >= 0.6 is 0 Å². The summed E-state index contributed by atoms with van der Waals surface area (Å²) in [5.41, 5.74) is 0. The average molecular weight is 194 g/mol. The third-order valence-corrected chi connectivity index (χ3v) is 1.12. The van der Waals surface area contributed by atoms with Gasteiger partial charge in [-0.05, 0) is 6.54 Å². The second-order valence-corrected chi connectivity index (χ2v) is 2.27. The van der Waals surface area contributed by atoms with Crippen LogP contribution in [0.15, 0.2) is 0 Å².